The lowest BCUT2D eigenvalue weighted by molar-refractivity contribution is -0.117. The molecular weight excluding hydrogens is 696 g/mol. The van der Waals surface area contributed by atoms with E-state index in [4.69, 9.17) is 9.47 Å². The summed E-state index contributed by atoms with van der Waals surface area (Å²) in [5.74, 6) is -1.79. The molecule has 0 spiro atoms. The molecule has 0 fully saturated rings. The minimum absolute atomic E-state index is 0.0536. The number of esters is 2. The lowest BCUT2D eigenvalue weighted by atomic mass is 10.0. The van der Waals surface area contributed by atoms with E-state index >= 15 is 0 Å². The highest BCUT2D eigenvalue weighted by Gasteiger charge is 2.24. The van der Waals surface area contributed by atoms with Gasteiger partial charge in [-0.2, -0.15) is 0 Å². The van der Waals surface area contributed by atoms with Gasteiger partial charge in [-0.25, -0.2) is 9.59 Å². The van der Waals surface area contributed by atoms with Crippen molar-refractivity contribution >= 4 is 88.3 Å². The standard InChI is InChI=1S/C29H24Br2N2O6S2/c1-38-28(36)24-20(16-6-10-18(30)11-7-16)14-40-26(24)32-22(34)4-3-5-23(35)33-27-25(29(37)39-2)21(15-41-27)17-8-12-19(31)13-9-17/h6-15H,3-5H2,1-2H3,(H,32,34)(H,33,35). The van der Waals surface area contributed by atoms with Gasteiger partial charge in [-0.15, -0.1) is 22.7 Å². The van der Waals surface area contributed by atoms with Crippen LogP contribution in [-0.4, -0.2) is 38.0 Å². The predicted molar refractivity (Wildman–Crippen MR) is 169 cm³/mol. The number of rotatable bonds is 10. The number of thiophene rings is 2. The number of halogens is 2. The van der Waals surface area contributed by atoms with Crippen molar-refractivity contribution in [3.8, 4) is 22.3 Å². The number of hydrogen-bond acceptors (Lipinski definition) is 8. The van der Waals surface area contributed by atoms with Crippen LogP contribution < -0.4 is 10.6 Å². The first kappa shape index (κ1) is 30.6. The Kier molecular flexibility index (Phi) is 10.5. The van der Waals surface area contributed by atoms with Crippen molar-refractivity contribution in [1.82, 2.24) is 0 Å². The van der Waals surface area contributed by atoms with E-state index in [1.54, 1.807) is 10.8 Å². The first-order valence-corrected chi connectivity index (χ1v) is 15.6. The highest BCUT2D eigenvalue weighted by Crippen LogP contribution is 2.38. The quantitative estimate of drug-likeness (QED) is 0.161. The van der Waals surface area contributed by atoms with Crippen LogP contribution in [0.5, 0.6) is 0 Å². The molecule has 212 valence electrons. The Balaban J connectivity index is 1.38. The summed E-state index contributed by atoms with van der Waals surface area (Å²) >= 11 is 9.25. The highest BCUT2D eigenvalue weighted by molar-refractivity contribution is 9.10. The van der Waals surface area contributed by atoms with Crippen molar-refractivity contribution in [3.05, 3.63) is 79.4 Å². The second-order valence-electron chi connectivity index (χ2n) is 8.65. The molecule has 4 rings (SSSR count). The summed E-state index contributed by atoms with van der Waals surface area (Å²) < 4.78 is 11.7. The van der Waals surface area contributed by atoms with Crippen molar-refractivity contribution in [1.29, 1.82) is 0 Å². The molecule has 2 N–H and O–H groups in total. The maximum Gasteiger partial charge on any atom is 0.341 e. The molecule has 0 saturated carbocycles. The molecular formula is C29H24Br2N2O6S2. The number of benzene rings is 2. The maximum absolute atomic E-state index is 12.7. The predicted octanol–water partition coefficient (Wildman–Crippen LogP) is 7.99. The van der Waals surface area contributed by atoms with E-state index in [1.165, 1.54) is 36.9 Å². The zero-order chi connectivity index (χ0) is 29.5. The molecule has 0 unspecified atom stereocenters. The molecule has 0 saturated heterocycles. The molecule has 41 heavy (non-hydrogen) atoms. The number of carbonyl (C=O) groups is 4. The van der Waals surface area contributed by atoms with E-state index in [1.807, 2.05) is 48.5 Å². The first-order chi connectivity index (χ1) is 19.7. The smallest absolute Gasteiger partial charge is 0.341 e. The molecule has 8 nitrogen and oxygen atoms in total. The largest absolute Gasteiger partial charge is 0.465 e. The molecule has 4 aromatic rings. The van der Waals surface area contributed by atoms with E-state index in [9.17, 15) is 19.2 Å². The van der Waals surface area contributed by atoms with E-state index in [-0.39, 0.29) is 42.2 Å². The third kappa shape index (κ3) is 7.50. The van der Waals surface area contributed by atoms with Gasteiger partial charge >= 0.3 is 11.9 Å². The summed E-state index contributed by atoms with van der Waals surface area (Å²) in [7, 11) is 2.58. The summed E-state index contributed by atoms with van der Waals surface area (Å²) in [6.07, 6.45) is 0.366. The van der Waals surface area contributed by atoms with Crippen LogP contribution in [0.4, 0.5) is 10.0 Å². The van der Waals surface area contributed by atoms with Gasteiger partial charge in [0.25, 0.3) is 0 Å². The maximum atomic E-state index is 12.7. The Hall–Kier alpha value is -3.32. The number of amides is 2. The van der Waals surface area contributed by atoms with Gasteiger partial charge < -0.3 is 20.1 Å². The Morgan fingerprint density at radius 2 is 1.02 bits per heavy atom. The number of carbonyl (C=O) groups excluding carboxylic acids is 4. The summed E-state index contributed by atoms with van der Waals surface area (Å²) in [5, 5.41) is 9.91. The number of hydrogen-bond donors (Lipinski definition) is 2. The molecule has 0 atom stereocenters. The number of nitrogens with one attached hydrogen (secondary N) is 2. The molecule has 12 heteroatoms. The van der Waals surface area contributed by atoms with Crippen molar-refractivity contribution < 1.29 is 28.7 Å². The lowest BCUT2D eigenvalue weighted by Gasteiger charge is -2.09. The van der Waals surface area contributed by atoms with E-state index in [0.29, 0.717) is 21.1 Å². The van der Waals surface area contributed by atoms with Gasteiger partial charge in [-0.3, -0.25) is 9.59 Å². The first-order valence-electron chi connectivity index (χ1n) is 12.2. The van der Waals surface area contributed by atoms with Crippen molar-refractivity contribution in [2.45, 2.75) is 19.3 Å². The molecule has 2 aromatic carbocycles. The van der Waals surface area contributed by atoms with E-state index in [0.717, 1.165) is 20.1 Å². The van der Waals surface area contributed by atoms with Crippen LogP contribution in [0.3, 0.4) is 0 Å². The zero-order valence-electron chi connectivity index (χ0n) is 21.9. The van der Waals surface area contributed by atoms with Gasteiger partial charge in [-0.05, 0) is 41.8 Å². The van der Waals surface area contributed by atoms with Crippen molar-refractivity contribution in [3.63, 3.8) is 0 Å². The van der Waals surface area contributed by atoms with Gasteiger partial charge in [0.05, 0.1) is 14.2 Å². The van der Waals surface area contributed by atoms with Crippen molar-refractivity contribution in [2.24, 2.45) is 0 Å². The average molecular weight is 720 g/mol. The van der Waals surface area contributed by atoms with Gasteiger partial charge in [0.1, 0.15) is 21.1 Å². The Labute approximate surface area is 261 Å². The van der Waals surface area contributed by atoms with E-state index < -0.39 is 11.9 Å². The average Bonchev–Trinajstić information content (AvgIpc) is 3.57. The number of anilines is 2. The fourth-order valence-electron chi connectivity index (χ4n) is 3.98. The van der Waals surface area contributed by atoms with Crippen LogP contribution in [0, 0.1) is 0 Å². The van der Waals surface area contributed by atoms with Crippen LogP contribution in [0.25, 0.3) is 22.3 Å². The molecule has 2 aromatic heterocycles. The van der Waals surface area contributed by atoms with Crippen LogP contribution in [-0.2, 0) is 19.1 Å². The highest BCUT2D eigenvalue weighted by atomic mass is 79.9. The third-order valence-electron chi connectivity index (χ3n) is 5.99. The van der Waals surface area contributed by atoms with Gasteiger partial charge in [0.15, 0.2) is 0 Å². The Bertz CT molecular complexity index is 1460. The molecule has 0 aliphatic heterocycles. The van der Waals surface area contributed by atoms with Crippen LogP contribution in [0.15, 0.2) is 68.2 Å². The number of methoxy groups -OCH3 is 2. The molecule has 0 aliphatic rings. The molecule has 0 aliphatic carbocycles. The SMILES string of the molecule is COC(=O)c1c(-c2ccc(Br)cc2)csc1NC(=O)CCCC(=O)Nc1scc(-c2ccc(Br)cc2)c1C(=O)OC. The van der Waals surface area contributed by atoms with Crippen LogP contribution >= 0.6 is 54.5 Å². The molecule has 0 bridgehead atoms. The van der Waals surface area contributed by atoms with Gasteiger partial charge in [-0.1, -0.05) is 56.1 Å². The molecule has 2 heterocycles. The Morgan fingerprint density at radius 1 is 0.659 bits per heavy atom. The fraction of sp³-hybridized carbons (Fsp3) is 0.172. The monoisotopic (exact) mass is 718 g/mol. The summed E-state index contributed by atoms with van der Waals surface area (Å²) in [5.41, 5.74) is 3.49. The zero-order valence-corrected chi connectivity index (χ0v) is 26.7. The second-order valence-corrected chi connectivity index (χ2v) is 12.2. The topological polar surface area (TPSA) is 111 Å². The minimum atomic E-state index is -0.557. The third-order valence-corrected chi connectivity index (χ3v) is 8.83. The summed E-state index contributed by atoms with van der Waals surface area (Å²) in [6, 6.07) is 14.9. The van der Waals surface area contributed by atoms with Crippen LogP contribution in [0.1, 0.15) is 40.0 Å². The van der Waals surface area contributed by atoms with Gasteiger partial charge in [0, 0.05) is 43.7 Å². The Morgan fingerprint density at radius 3 is 1.37 bits per heavy atom. The molecule has 0 radical (unpaired) electrons. The van der Waals surface area contributed by atoms with E-state index in [2.05, 4.69) is 42.5 Å². The minimum Gasteiger partial charge on any atom is -0.465 e. The normalized spacial score (nSPS) is 10.6. The second kappa shape index (κ2) is 14.0. The molecule has 2 amide bonds. The lowest BCUT2D eigenvalue weighted by Crippen LogP contribution is -2.16. The number of ether oxygens (including phenoxy) is 2. The fourth-order valence-corrected chi connectivity index (χ4v) is 6.46. The summed E-state index contributed by atoms with van der Waals surface area (Å²) in [4.78, 5) is 50.5. The van der Waals surface area contributed by atoms with Crippen molar-refractivity contribution in [2.75, 3.05) is 24.9 Å². The summed E-state index contributed by atoms with van der Waals surface area (Å²) in [6.45, 7) is 0. The van der Waals surface area contributed by atoms with Crippen LogP contribution in [0.2, 0.25) is 0 Å². The van der Waals surface area contributed by atoms with Gasteiger partial charge in [0.2, 0.25) is 11.8 Å².